The van der Waals surface area contributed by atoms with Gasteiger partial charge in [0.1, 0.15) is 5.78 Å². The van der Waals surface area contributed by atoms with Gasteiger partial charge in [0.15, 0.2) is 0 Å². The molecule has 30 heavy (non-hydrogen) atoms. The number of aromatic nitrogens is 2. The predicted molar refractivity (Wildman–Crippen MR) is 116 cm³/mol. The van der Waals surface area contributed by atoms with Crippen LogP contribution in [0.4, 0.5) is 0 Å². The van der Waals surface area contributed by atoms with E-state index >= 15 is 0 Å². The highest BCUT2D eigenvalue weighted by atomic mass is 16.5. The first kappa shape index (κ1) is 18.9. The molecule has 0 atom stereocenters. The topological polar surface area (TPSA) is 72.0 Å². The second-order valence-corrected chi connectivity index (χ2v) is 8.53. The Morgan fingerprint density at radius 3 is 2.67 bits per heavy atom. The van der Waals surface area contributed by atoms with Crippen molar-refractivity contribution in [1.29, 1.82) is 0 Å². The standard InChI is InChI=1S/C25H24N2O3.H2/c1-15-3-6-21(27-23(15)18-9-16(2)24(29)26-12-18)11-22(28)25(7-8-25)20-5-4-17-13-30-14-19(17)10-20;/h3-6,9-10,12H,7-8,11,13-14H2,1-2H3,(H,26,29);1H. The van der Waals surface area contributed by atoms with Crippen LogP contribution in [0, 0.1) is 13.8 Å². The zero-order chi connectivity index (χ0) is 20.9. The first-order chi connectivity index (χ1) is 14.5. The van der Waals surface area contributed by atoms with E-state index < -0.39 is 0 Å². The van der Waals surface area contributed by atoms with E-state index in [4.69, 9.17) is 9.72 Å². The average molecular weight is 402 g/mol. The highest BCUT2D eigenvalue weighted by molar-refractivity contribution is 5.94. The molecule has 5 nitrogen and oxygen atoms in total. The molecule has 2 aromatic heterocycles. The number of aryl methyl sites for hydroxylation is 2. The number of Topliss-reactive ketones (excluding diaryl/α,β-unsaturated/α-hetero) is 1. The molecule has 0 saturated heterocycles. The summed E-state index contributed by atoms with van der Waals surface area (Å²) in [4.78, 5) is 32.5. The van der Waals surface area contributed by atoms with Gasteiger partial charge in [-0.2, -0.15) is 0 Å². The van der Waals surface area contributed by atoms with E-state index in [0.29, 0.717) is 25.2 Å². The van der Waals surface area contributed by atoms with E-state index in [1.165, 1.54) is 11.1 Å². The Kier molecular flexibility index (Phi) is 4.44. The van der Waals surface area contributed by atoms with Gasteiger partial charge in [-0.1, -0.05) is 24.3 Å². The maximum absolute atomic E-state index is 13.3. The van der Waals surface area contributed by atoms with Crippen molar-refractivity contribution in [2.75, 3.05) is 0 Å². The Hall–Kier alpha value is -3.05. The maximum Gasteiger partial charge on any atom is 0.250 e. The van der Waals surface area contributed by atoms with Gasteiger partial charge >= 0.3 is 0 Å². The molecule has 1 aliphatic carbocycles. The van der Waals surface area contributed by atoms with Crippen LogP contribution in [-0.2, 0) is 34.6 Å². The zero-order valence-electron chi connectivity index (χ0n) is 17.2. The number of rotatable bonds is 5. The van der Waals surface area contributed by atoms with Gasteiger partial charge in [0, 0.05) is 30.9 Å². The Balaban J connectivity index is 0.00000231. The van der Waals surface area contributed by atoms with Crippen LogP contribution in [0.5, 0.6) is 0 Å². The molecular formula is C25H26N2O3. The number of hydrogen-bond acceptors (Lipinski definition) is 4. The molecule has 2 aliphatic rings. The van der Waals surface area contributed by atoms with E-state index in [1.54, 1.807) is 13.1 Å². The number of nitrogens with one attached hydrogen (secondary N) is 1. The summed E-state index contributed by atoms with van der Waals surface area (Å²) in [5, 5.41) is 0. The number of carbonyl (C=O) groups is 1. The molecule has 0 amide bonds. The Labute approximate surface area is 176 Å². The zero-order valence-corrected chi connectivity index (χ0v) is 17.2. The molecule has 0 bridgehead atoms. The van der Waals surface area contributed by atoms with Gasteiger partial charge in [0.25, 0.3) is 5.56 Å². The minimum atomic E-state index is -0.376. The quantitative estimate of drug-likeness (QED) is 0.695. The van der Waals surface area contributed by atoms with Crippen LogP contribution in [0.3, 0.4) is 0 Å². The van der Waals surface area contributed by atoms with E-state index in [0.717, 1.165) is 40.9 Å². The Morgan fingerprint density at radius 1 is 1.10 bits per heavy atom. The molecule has 1 aromatic carbocycles. The van der Waals surface area contributed by atoms with Gasteiger partial charge in [-0.25, -0.2) is 0 Å². The second kappa shape index (κ2) is 7.03. The summed E-state index contributed by atoms with van der Waals surface area (Å²) in [6.45, 7) is 5.07. The summed E-state index contributed by atoms with van der Waals surface area (Å²) in [5.74, 6) is 0.223. The largest absolute Gasteiger partial charge is 0.372 e. The fourth-order valence-electron chi connectivity index (χ4n) is 4.35. The van der Waals surface area contributed by atoms with Crippen molar-refractivity contribution in [3.63, 3.8) is 0 Å². The number of carbonyl (C=O) groups excluding carboxylic acids is 1. The number of pyridine rings is 2. The van der Waals surface area contributed by atoms with Crippen molar-refractivity contribution in [3.05, 3.63) is 86.5 Å². The fraction of sp³-hybridized carbons (Fsp3) is 0.320. The number of ether oxygens (including phenoxy) is 1. The highest BCUT2D eigenvalue weighted by Crippen LogP contribution is 2.50. The van der Waals surface area contributed by atoms with Crippen LogP contribution in [-0.4, -0.2) is 15.8 Å². The Morgan fingerprint density at radius 2 is 1.90 bits per heavy atom. The van der Waals surface area contributed by atoms with Gasteiger partial charge in [-0.15, -0.1) is 0 Å². The smallest absolute Gasteiger partial charge is 0.250 e. The number of aromatic amines is 1. The van der Waals surface area contributed by atoms with Crippen LogP contribution in [0.25, 0.3) is 11.3 Å². The van der Waals surface area contributed by atoms with Crippen molar-refractivity contribution >= 4 is 5.78 Å². The van der Waals surface area contributed by atoms with E-state index in [1.807, 2.05) is 25.1 Å². The fourth-order valence-corrected chi connectivity index (χ4v) is 4.35. The molecule has 5 rings (SSSR count). The van der Waals surface area contributed by atoms with Crippen LogP contribution in [0.15, 0.2) is 47.4 Å². The summed E-state index contributed by atoms with van der Waals surface area (Å²) in [6, 6.07) is 12.1. The van der Waals surface area contributed by atoms with Gasteiger partial charge in [0.2, 0.25) is 0 Å². The number of benzene rings is 1. The molecule has 3 aromatic rings. The summed E-state index contributed by atoms with van der Waals surface area (Å²) < 4.78 is 5.52. The predicted octanol–water partition coefficient (Wildman–Crippen LogP) is 4.17. The van der Waals surface area contributed by atoms with Crippen LogP contribution >= 0.6 is 0 Å². The summed E-state index contributed by atoms with van der Waals surface area (Å²) in [7, 11) is 0. The molecule has 3 heterocycles. The first-order valence-corrected chi connectivity index (χ1v) is 10.4. The number of ketones is 1. The Bertz CT molecular complexity index is 1230. The number of fused-ring (bicyclic) bond motifs is 1. The maximum atomic E-state index is 13.3. The van der Waals surface area contributed by atoms with Crippen molar-refractivity contribution in [1.82, 2.24) is 9.97 Å². The SMILES string of the molecule is Cc1ccc(CC(=O)C2(c3ccc4c(c3)COC4)CC2)nc1-c1c[nH]c(=O)c(C)c1.[HH]. The lowest BCUT2D eigenvalue weighted by Crippen LogP contribution is -2.23. The first-order valence-electron chi connectivity index (χ1n) is 10.4. The number of hydrogen-bond donors (Lipinski definition) is 1. The van der Waals surface area contributed by atoms with E-state index in [-0.39, 0.29) is 18.2 Å². The van der Waals surface area contributed by atoms with Gasteiger partial charge in [-0.05, 0) is 61.1 Å². The van der Waals surface area contributed by atoms with E-state index in [2.05, 4.69) is 23.2 Å². The summed E-state index contributed by atoms with van der Waals surface area (Å²) in [6.07, 6.45) is 3.78. The highest BCUT2D eigenvalue weighted by Gasteiger charge is 2.50. The van der Waals surface area contributed by atoms with Crippen LogP contribution < -0.4 is 5.56 Å². The molecule has 5 heteroatoms. The normalized spacial score (nSPS) is 16.3. The monoisotopic (exact) mass is 402 g/mol. The second-order valence-electron chi connectivity index (χ2n) is 8.53. The molecule has 154 valence electrons. The number of nitrogens with zero attached hydrogens (tertiary/aromatic N) is 1. The number of H-pyrrole nitrogens is 1. The van der Waals surface area contributed by atoms with Gasteiger partial charge < -0.3 is 9.72 Å². The molecule has 0 spiro atoms. The average Bonchev–Trinajstić information content (AvgIpc) is 3.42. The van der Waals surface area contributed by atoms with Crippen molar-refractivity contribution in [2.24, 2.45) is 0 Å². The van der Waals surface area contributed by atoms with Crippen molar-refractivity contribution in [2.45, 2.75) is 51.7 Å². The molecule has 1 aliphatic heterocycles. The lowest BCUT2D eigenvalue weighted by Gasteiger charge is -2.16. The van der Waals surface area contributed by atoms with Crippen LogP contribution in [0.1, 0.15) is 47.8 Å². The molecule has 1 saturated carbocycles. The van der Waals surface area contributed by atoms with E-state index in [9.17, 15) is 9.59 Å². The lowest BCUT2D eigenvalue weighted by atomic mass is 9.87. The summed E-state index contributed by atoms with van der Waals surface area (Å²) >= 11 is 0. The van der Waals surface area contributed by atoms with Crippen LogP contribution in [0.2, 0.25) is 0 Å². The van der Waals surface area contributed by atoms with Crippen molar-refractivity contribution < 1.29 is 11.0 Å². The molecule has 0 unspecified atom stereocenters. The third kappa shape index (κ3) is 3.19. The van der Waals surface area contributed by atoms with Gasteiger partial charge in [-0.3, -0.25) is 14.6 Å². The molecular weight excluding hydrogens is 376 g/mol. The minimum absolute atomic E-state index is 0. The minimum Gasteiger partial charge on any atom is -0.372 e. The molecule has 1 fully saturated rings. The third-order valence-corrected chi connectivity index (χ3v) is 6.42. The van der Waals surface area contributed by atoms with Gasteiger partial charge in [0.05, 0.1) is 24.3 Å². The third-order valence-electron chi connectivity index (χ3n) is 6.42. The lowest BCUT2D eigenvalue weighted by molar-refractivity contribution is -0.120. The molecule has 0 radical (unpaired) electrons. The summed E-state index contributed by atoms with van der Waals surface area (Å²) in [5.41, 5.74) is 7.15. The van der Waals surface area contributed by atoms with Crippen molar-refractivity contribution in [3.8, 4) is 11.3 Å². The molecule has 1 N–H and O–H groups in total.